The van der Waals surface area contributed by atoms with E-state index in [1.54, 1.807) is 6.20 Å². The summed E-state index contributed by atoms with van der Waals surface area (Å²) in [5.41, 5.74) is 2.10. The summed E-state index contributed by atoms with van der Waals surface area (Å²) in [7, 11) is 0. The zero-order valence-corrected chi connectivity index (χ0v) is 13.1. The summed E-state index contributed by atoms with van der Waals surface area (Å²) in [6, 6.07) is 6.16. The van der Waals surface area contributed by atoms with Gasteiger partial charge < -0.3 is 10.6 Å². The van der Waals surface area contributed by atoms with E-state index in [-0.39, 0.29) is 5.91 Å². The van der Waals surface area contributed by atoms with Crippen molar-refractivity contribution in [1.82, 2.24) is 9.97 Å². The minimum atomic E-state index is -0.262. The van der Waals surface area contributed by atoms with E-state index < -0.39 is 0 Å². The fraction of sp³-hybridized carbons (Fsp3) is 0.267. The van der Waals surface area contributed by atoms with Crippen LogP contribution in [-0.2, 0) is 0 Å². The zero-order valence-electron chi connectivity index (χ0n) is 11.6. The van der Waals surface area contributed by atoms with Crippen molar-refractivity contribution in [2.24, 2.45) is 0 Å². The second-order valence-corrected chi connectivity index (χ2v) is 5.98. The largest absolute Gasteiger partial charge is 0.366 e. The van der Waals surface area contributed by atoms with E-state index in [4.69, 9.17) is 0 Å². The number of nitrogens with one attached hydrogen (secondary N) is 2. The fourth-order valence-electron chi connectivity index (χ4n) is 1.87. The quantitative estimate of drug-likeness (QED) is 0.890. The maximum atomic E-state index is 12.1. The number of benzene rings is 1. The predicted molar refractivity (Wildman–Crippen MR) is 85.5 cm³/mol. The Hall–Kier alpha value is -1.95. The van der Waals surface area contributed by atoms with Crippen molar-refractivity contribution in [3.8, 4) is 0 Å². The number of nitrogens with zero attached hydrogens (tertiary/aromatic N) is 2. The van der Waals surface area contributed by atoms with Crippen LogP contribution in [0.5, 0.6) is 0 Å². The molecule has 0 unspecified atom stereocenters. The van der Waals surface area contributed by atoms with Crippen LogP contribution in [0.15, 0.2) is 35.1 Å². The van der Waals surface area contributed by atoms with Crippen LogP contribution in [0.3, 0.4) is 0 Å². The van der Waals surface area contributed by atoms with Crippen LogP contribution in [0.25, 0.3) is 0 Å². The van der Waals surface area contributed by atoms with Gasteiger partial charge in [0.25, 0.3) is 5.91 Å². The van der Waals surface area contributed by atoms with Gasteiger partial charge in [0.15, 0.2) is 0 Å². The molecule has 3 rings (SSSR count). The average molecular weight is 347 g/mol. The first kappa shape index (κ1) is 14.0. The number of amides is 1. The molecule has 0 radical (unpaired) electrons. The van der Waals surface area contributed by atoms with Crippen LogP contribution in [0.2, 0.25) is 0 Å². The van der Waals surface area contributed by atoms with E-state index in [0.29, 0.717) is 17.6 Å². The van der Waals surface area contributed by atoms with Crippen molar-refractivity contribution >= 4 is 33.3 Å². The lowest BCUT2D eigenvalue weighted by Crippen LogP contribution is -2.14. The molecule has 1 saturated carbocycles. The van der Waals surface area contributed by atoms with Gasteiger partial charge in [-0.25, -0.2) is 9.97 Å². The predicted octanol–water partition coefficient (Wildman–Crippen LogP) is 3.37. The molecule has 0 saturated heterocycles. The number of hydrogen-bond acceptors (Lipinski definition) is 4. The molecular weight excluding hydrogens is 332 g/mol. The highest BCUT2D eigenvalue weighted by atomic mass is 79.9. The number of anilines is 2. The summed E-state index contributed by atoms with van der Waals surface area (Å²) in [4.78, 5) is 20.5. The van der Waals surface area contributed by atoms with E-state index in [2.05, 4.69) is 36.5 Å². The van der Waals surface area contributed by atoms with Crippen LogP contribution in [0, 0.1) is 6.92 Å². The van der Waals surface area contributed by atoms with Gasteiger partial charge in [-0.3, -0.25) is 4.79 Å². The summed E-state index contributed by atoms with van der Waals surface area (Å²) >= 11 is 3.43. The molecule has 1 aromatic heterocycles. The number of aromatic nitrogens is 2. The summed E-state index contributed by atoms with van der Waals surface area (Å²) in [6.07, 6.45) is 5.44. The molecule has 1 heterocycles. The van der Waals surface area contributed by atoms with Crippen molar-refractivity contribution in [3.63, 3.8) is 0 Å². The molecule has 0 bridgehead atoms. The molecule has 0 spiro atoms. The highest BCUT2D eigenvalue weighted by Crippen LogP contribution is 2.23. The second kappa shape index (κ2) is 5.81. The highest BCUT2D eigenvalue weighted by molar-refractivity contribution is 9.10. The molecule has 21 heavy (non-hydrogen) atoms. The lowest BCUT2D eigenvalue weighted by Gasteiger charge is -2.07. The Morgan fingerprint density at radius 2 is 2.10 bits per heavy atom. The summed E-state index contributed by atoms with van der Waals surface area (Å²) in [5.74, 6) is 0.454. The average Bonchev–Trinajstić information content (AvgIpc) is 3.28. The molecule has 6 heteroatoms. The zero-order chi connectivity index (χ0) is 14.8. The van der Waals surface area contributed by atoms with Gasteiger partial charge in [-0.2, -0.15) is 0 Å². The second-order valence-electron chi connectivity index (χ2n) is 5.12. The SMILES string of the molecule is Cc1cc(NC(=O)c2cnc(NC3CC3)cn2)ccc1Br. The third-order valence-electron chi connectivity index (χ3n) is 3.23. The highest BCUT2D eigenvalue weighted by Gasteiger charge is 2.21. The molecule has 1 fully saturated rings. The topological polar surface area (TPSA) is 66.9 Å². The van der Waals surface area contributed by atoms with Crippen molar-refractivity contribution in [3.05, 3.63) is 46.3 Å². The van der Waals surface area contributed by atoms with E-state index >= 15 is 0 Å². The third kappa shape index (κ3) is 3.58. The van der Waals surface area contributed by atoms with Gasteiger partial charge in [0.1, 0.15) is 11.5 Å². The van der Waals surface area contributed by atoms with Gasteiger partial charge in [-0.15, -0.1) is 0 Å². The normalized spacial score (nSPS) is 13.8. The third-order valence-corrected chi connectivity index (χ3v) is 4.12. The van der Waals surface area contributed by atoms with E-state index in [1.807, 2.05) is 25.1 Å². The van der Waals surface area contributed by atoms with Gasteiger partial charge >= 0.3 is 0 Å². The maximum absolute atomic E-state index is 12.1. The smallest absolute Gasteiger partial charge is 0.275 e. The van der Waals surface area contributed by atoms with Gasteiger partial charge in [0, 0.05) is 16.2 Å². The Morgan fingerprint density at radius 3 is 2.71 bits per heavy atom. The lowest BCUT2D eigenvalue weighted by atomic mass is 10.2. The van der Waals surface area contributed by atoms with Crippen LogP contribution < -0.4 is 10.6 Å². The minimum absolute atomic E-state index is 0.262. The number of hydrogen-bond donors (Lipinski definition) is 2. The lowest BCUT2D eigenvalue weighted by molar-refractivity contribution is 0.102. The van der Waals surface area contributed by atoms with Gasteiger partial charge in [-0.05, 0) is 43.5 Å². The first-order valence-electron chi connectivity index (χ1n) is 6.78. The molecular formula is C15H15BrN4O. The van der Waals surface area contributed by atoms with Gasteiger partial charge in [0.2, 0.25) is 0 Å². The molecule has 1 aliphatic rings. The maximum Gasteiger partial charge on any atom is 0.275 e. The Bertz CT molecular complexity index is 668. The summed E-state index contributed by atoms with van der Waals surface area (Å²) in [6.45, 7) is 1.97. The Kier molecular flexibility index (Phi) is 3.88. The molecule has 2 aromatic rings. The number of halogens is 1. The number of aryl methyl sites for hydroxylation is 1. The van der Waals surface area contributed by atoms with Crippen molar-refractivity contribution < 1.29 is 4.79 Å². The molecule has 1 aliphatic carbocycles. The molecule has 5 nitrogen and oxygen atoms in total. The van der Waals surface area contributed by atoms with Crippen molar-refractivity contribution in [2.45, 2.75) is 25.8 Å². The molecule has 0 aliphatic heterocycles. The van der Waals surface area contributed by atoms with E-state index in [1.165, 1.54) is 19.0 Å². The Balaban J connectivity index is 1.67. The molecule has 108 valence electrons. The Morgan fingerprint density at radius 1 is 1.29 bits per heavy atom. The van der Waals surface area contributed by atoms with Crippen molar-refractivity contribution in [2.75, 3.05) is 10.6 Å². The van der Waals surface area contributed by atoms with Crippen LogP contribution in [-0.4, -0.2) is 21.9 Å². The molecule has 2 N–H and O–H groups in total. The molecule has 0 atom stereocenters. The molecule has 1 amide bonds. The minimum Gasteiger partial charge on any atom is -0.366 e. The first-order chi connectivity index (χ1) is 10.1. The monoisotopic (exact) mass is 346 g/mol. The van der Waals surface area contributed by atoms with Gasteiger partial charge in [0.05, 0.1) is 12.4 Å². The van der Waals surface area contributed by atoms with Crippen molar-refractivity contribution in [1.29, 1.82) is 0 Å². The number of carbonyl (C=O) groups is 1. The van der Waals surface area contributed by atoms with Gasteiger partial charge in [-0.1, -0.05) is 15.9 Å². The standard InChI is InChI=1S/C15H15BrN4O/c1-9-6-11(4-5-12(9)16)20-15(21)13-7-18-14(8-17-13)19-10-2-3-10/h4-8,10H,2-3H2,1H3,(H,18,19)(H,20,21). The molecule has 1 aromatic carbocycles. The number of carbonyl (C=O) groups excluding carboxylic acids is 1. The summed E-state index contributed by atoms with van der Waals surface area (Å²) in [5, 5.41) is 6.05. The van der Waals surface area contributed by atoms with Crippen LogP contribution >= 0.6 is 15.9 Å². The van der Waals surface area contributed by atoms with E-state index in [9.17, 15) is 4.79 Å². The summed E-state index contributed by atoms with van der Waals surface area (Å²) < 4.78 is 1.01. The Labute approximate surface area is 131 Å². The number of rotatable bonds is 4. The van der Waals surface area contributed by atoms with E-state index in [0.717, 1.165) is 15.7 Å². The van der Waals surface area contributed by atoms with Crippen LogP contribution in [0.1, 0.15) is 28.9 Å². The van der Waals surface area contributed by atoms with Crippen LogP contribution in [0.4, 0.5) is 11.5 Å². The first-order valence-corrected chi connectivity index (χ1v) is 7.57. The fourth-order valence-corrected chi connectivity index (χ4v) is 2.12.